The number of carbonyl (C=O) groups is 1. The van der Waals surface area contributed by atoms with Crippen molar-refractivity contribution in [1.82, 2.24) is 4.90 Å². The summed E-state index contributed by atoms with van der Waals surface area (Å²) in [7, 11) is 0. The second-order valence-electron chi connectivity index (χ2n) is 3.73. The van der Waals surface area contributed by atoms with E-state index in [1.807, 2.05) is 6.92 Å². The van der Waals surface area contributed by atoms with E-state index in [-0.39, 0.29) is 11.9 Å². The maximum absolute atomic E-state index is 11.9. The number of hydrogen-bond acceptors (Lipinski definition) is 3. The van der Waals surface area contributed by atoms with Crippen LogP contribution >= 0.6 is 0 Å². The van der Waals surface area contributed by atoms with Crippen LogP contribution in [0, 0.1) is 6.92 Å². The van der Waals surface area contributed by atoms with E-state index in [0.29, 0.717) is 12.3 Å². The van der Waals surface area contributed by atoms with Crippen molar-refractivity contribution in [3.8, 4) is 0 Å². The van der Waals surface area contributed by atoms with E-state index in [0.717, 1.165) is 18.5 Å². The number of nitrogens with zero attached hydrogens (tertiary/aromatic N) is 1. The Morgan fingerprint density at radius 1 is 1.71 bits per heavy atom. The lowest BCUT2D eigenvalue weighted by molar-refractivity contribution is 0.0758. The first kappa shape index (κ1) is 9.27. The molecule has 4 nitrogen and oxygen atoms in total. The quantitative estimate of drug-likeness (QED) is 0.718. The van der Waals surface area contributed by atoms with Crippen molar-refractivity contribution in [2.45, 2.75) is 19.4 Å². The minimum absolute atomic E-state index is 0.0412. The Balaban J connectivity index is 2.13. The summed E-state index contributed by atoms with van der Waals surface area (Å²) < 4.78 is 5.14. The van der Waals surface area contributed by atoms with Gasteiger partial charge in [-0.2, -0.15) is 0 Å². The lowest BCUT2D eigenvalue weighted by atomic mass is 10.2. The zero-order valence-corrected chi connectivity index (χ0v) is 8.19. The average molecular weight is 194 g/mol. The van der Waals surface area contributed by atoms with Gasteiger partial charge in [0.05, 0.1) is 6.26 Å². The molecule has 1 aliphatic heterocycles. The molecule has 1 aliphatic rings. The Morgan fingerprint density at radius 3 is 3.00 bits per heavy atom. The van der Waals surface area contributed by atoms with Crippen LogP contribution in [0.4, 0.5) is 0 Å². The molecule has 0 aromatic carbocycles. The normalized spacial score (nSPS) is 21.6. The molecule has 1 atom stereocenters. The van der Waals surface area contributed by atoms with E-state index in [2.05, 4.69) is 0 Å². The molecule has 1 fully saturated rings. The first-order valence-electron chi connectivity index (χ1n) is 4.77. The van der Waals surface area contributed by atoms with Gasteiger partial charge in [-0.3, -0.25) is 4.79 Å². The Bertz CT molecular complexity index is 346. The van der Waals surface area contributed by atoms with Crippen LogP contribution in [0.25, 0.3) is 0 Å². The Hall–Kier alpha value is -1.29. The molecule has 1 saturated heterocycles. The summed E-state index contributed by atoms with van der Waals surface area (Å²) in [5.74, 6) is 0.402. The highest BCUT2D eigenvalue weighted by Gasteiger charge is 2.26. The Kier molecular flexibility index (Phi) is 2.29. The molecule has 14 heavy (non-hydrogen) atoms. The molecule has 0 bridgehead atoms. The van der Waals surface area contributed by atoms with Crippen molar-refractivity contribution in [3.05, 3.63) is 23.7 Å². The van der Waals surface area contributed by atoms with Crippen molar-refractivity contribution in [2.24, 2.45) is 5.73 Å². The minimum Gasteiger partial charge on any atom is -0.459 e. The molecule has 0 aliphatic carbocycles. The van der Waals surface area contributed by atoms with E-state index in [9.17, 15) is 4.79 Å². The van der Waals surface area contributed by atoms with E-state index < -0.39 is 0 Å². The van der Waals surface area contributed by atoms with E-state index in [1.54, 1.807) is 17.2 Å². The fraction of sp³-hybridized carbons (Fsp3) is 0.500. The second kappa shape index (κ2) is 3.46. The third-order valence-corrected chi connectivity index (χ3v) is 2.57. The average Bonchev–Trinajstić information content (AvgIpc) is 2.73. The summed E-state index contributed by atoms with van der Waals surface area (Å²) in [4.78, 5) is 13.6. The fourth-order valence-corrected chi connectivity index (χ4v) is 1.71. The van der Waals surface area contributed by atoms with Gasteiger partial charge in [0, 0.05) is 24.7 Å². The van der Waals surface area contributed by atoms with Gasteiger partial charge in [-0.05, 0) is 19.4 Å². The largest absolute Gasteiger partial charge is 0.459 e. The highest BCUT2D eigenvalue weighted by atomic mass is 16.3. The minimum atomic E-state index is -0.0412. The molecule has 1 aromatic heterocycles. The SMILES string of the molecule is Cc1ccoc1C(=O)N1CCC(N)C1. The number of aryl methyl sites for hydroxylation is 1. The van der Waals surface area contributed by atoms with E-state index in [1.165, 1.54) is 0 Å². The van der Waals surface area contributed by atoms with Crippen LogP contribution in [-0.4, -0.2) is 29.9 Å². The molecule has 0 saturated carbocycles. The van der Waals surface area contributed by atoms with Gasteiger partial charge in [0.1, 0.15) is 0 Å². The van der Waals surface area contributed by atoms with Crippen molar-refractivity contribution in [1.29, 1.82) is 0 Å². The van der Waals surface area contributed by atoms with Gasteiger partial charge < -0.3 is 15.1 Å². The zero-order valence-electron chi connectivity index (χ0n) is 8.19. The van der Waals surface area contributed by atoms with Crippen LogP contribution in [0.1, 0.15) is 22.5 Å². The number of hydrogen-bond donors (Lipinski definition) is 1. The molecule has 2 heterocycles. The summed E-state index contributed by atoms with van der Waals surface area (Å²) in [5.41, 5.74) is 6.61. The second-order valence-corrected chi connectivity index (χ2v) is 3.73. The number of nitrogens with two attached hydrogens (primary N) is 1. The lowest BCUT2D eigenvalue weighted by Crippen LogP contribution is -2.31. The van der Waals surface area contributed by atoms with Crippen molar-refractivity contribution in [2.75, 3.05) is 13.1 Å². The summed E-state index contributed by atoms with van der Waals surface area (Å²) in [6.45, 7) is 3.24. The van der Waals surface area contributed by atoms with E-state index in [4.69, 9.17) is 10.2 Å². The molecule has 2 N–H and O–H groups in total. The molecule has 1 aromatic rings. The zero-order chi connectivity index (χ0) is 10.1. The van der Waals surface area contributed by atoms with Gasteiger partial charge in [0.25, 0.3) is 5.91 Å². The van der Waals surface area contributed by atoms with Gasteiger partial charge in [0.2, 0.25) is 0 Å². The molecule has 4 heteroatoms. The maximum Gasteiger partial charge on any atom is 0.289 e. The van der Waals surface area contributed by atoms with Gasteiger partial charge in [-0.25, -0.2) is 0 Å². The van der Waals surface area contributed by atoms with Crippen molar-refractivity contribution in [3.63, 3.8) is 0 Å². The van der Waals surface area contributed by atoms with Crippen LogP contribution in [-0.2, 0) is 0 Å². The number of amides is 1. The van der Waals surface area contributed by atoms with Crippen LogP contribution in [0.15, 0.2) is 16.7 Å². The monoisotopic (exact) mass is 194 g/mol. The van der Waals surface area contributed by atoms with Crippen LogP contribution < -0.4 is 5.73 Å². The molecule has 1 unspecified atom stereocenters. The van der Waals surface area contributed by atoms with Crippen molar-refractivity contribution >= 4 is 5.91 Å². The molecular weight excluding hydrogens is 180 g/mol. The first-order chi connectivity index (χ1) is 6.68. The standard InChI is InChI=1S/C10H14N2O2/c1-7-3-5-14-9(7)10(13)12-4-2-8(11)6-12/h3,5,8H,2,4,6,11H2,1H3. The number of rotatable bonds is 1. The number of furan rings is 1. The summed E-state index contributed by atoms with van der Waals surface area (Å²) in [5, 5.41) is 0. The van der Waals surface area contributed by atoms with Crippen LogP contribution in [0.3, 0.4) is 0 Å². The highest BCUT2D eigenvalue weighted by molar-refractivity contribution is 5.93. The Morgan fingerprint density at radius 2 is 2.50 bits per heavy atom. The Labute approximate surface area is 82.7 Å². The highest BCUT2D eigenvalue weighted by Crippen LogP contribution is 2.15. The van der Waals surface area contributed by atoms with Crippen molar-refractivity contribution < 1.29 is 9.21 Å². The molecule has 0 spiro atoms. The predicted molar refractivity (Wildman–Crippen MR) is 51.9 cm³/mol. The van der Waals surface area contributed by atoms with Crippen LogP contribution in [0.2, 0.25) is 0 Å². The summed E-state index contributed by atoms with van der Waals surface area (Å²) in [6, 6.07) is 1.91. The van der Waals surface area contributed by atoms with Gasteiger partial charge in [-0.15, -0.1) is 0 Å². The fourth-order valence-electron chi connectivity index (χ4n) is 1.71. The summed E-state index contributed by atoms with van der Waals surface area (Å²) in [6.07, 6.45) is 2.42. The topological polar surface area (TPSA) is 59.5 Å². The smallest absolute Gasteiger partial charge is 0.289 e. The third kappa shape index (κ3) is 1.53. The van der Waals surface area contributed by atoms with Gasteiger partial charge in [-0.1, -0.05) is 0 Å². The van der Waals surface area contributed by atoms with Gasteiger partial charge >= 0.3 is 0 Å². The lowest BCUT2D eigenvalue weighted by Gasteiger charge is -2.14. The number of likely N-dealkylation sites (tertiary alicyclic amines) is 1. The maximum atomic E-state index is 11.9. The molecule has 1 amide bonds. The van der Waals surface area contributed by atoms with Crippen LogP contribution in [0.5, 0.6) is 0 Å². The molecule has 0 radical (unpaired) electrons. The van der Waals surface area contributed by atoms with Gasteiger partial charge in [0.15, 0.2) is 5.76 Å². The first-order valence-corrected chi connectivity index (χ1v) is 4.77. The molecular formula is C10H14N2O2. The predicted octanol–water partition coefficient (Wildman–Crippen LogP) is 0.761. The molecule has 2 rings (SSSR count). The summed E-state index contributed by atoms with van der Waals surface area (Å²) >= 11 is 0. The number of carbonyl (C=O) groups excluding carboxylic acids is 1. The third-order valence-electron chi connectivity index (χ3n) is 2.57. The molecule has 76 valence electrons. The van der Waals surface area contributed by atoms with E-state index >= 15 is 0 Å².